The van der Waals surface area contributed by atoms with Gasteiger partial charge >= 0.3 is 5.97 Å². The number of carboxylic acid groups (broad SMARTS) is 1. The van der Waals surface area contributed by atoms with Gasteiger partial charge in [-0.25, -0.2) is 4.79 Å². The largest absolute Gasteiger partial charge is 0.497 e. The Morgan fingerprint density at radius 2 is 2.00 bits per heavy atom. The van der Waals surface area contributed by atoms with E-state index in [9.17, 15) is 4.79 Å². The Hall–Kier alpha value is -1.75. The minimum Gasteiger partial charge on any atom is -0.497 e. The van der Waals surface area contributed by atoms with Crippen molar-refractivity contribution in [2.75, 3.05) is 14.2 Å². The maximum absolute atomic E-state index is 10.9. The third-order valence-corrected chi connectivity index (χ3v) is 2.00. The van der Waals surface area contributed by atoms with E-state index in [0.29, 0.717) is 5.75 Å². The van der Waals surface area contributed by atoms with E-state index in [1.807, 2.05) is 0 Å². The molecule has 0 fully saturated rings. The van der Waals surface area contributed by atoms with Crippen LogP contribution in [-0.2, 0) is 6.61 Å². The lowest BCUT2D eigenvalue weighted by atomic mass is 10.1. The summed E-state index contributed by atoms with van der Waals surface area (Å²) >= 11 is 0. The Balaban J connectivity index is 3.39. The van der Waals surface area contributed by atoms with Crippen molar-refractivity contribution in [3.8, 4) is 11.5 Å². The first-order valence-corrected chi connectivity index (χ1v) is 4.23. The fourth-order valence-electron chi connectivity index (χ4n) is 1.29. The first-order valence-electron chi connectivity index (χ1n) is 4.23. The number of benzene rings is 1. The van der Waals surface area contributed by atoms with Crippen molar-refractivity contribution in [3.05, 3.63) is 23.3 Å². The minimum absolute atomic E-state index is 0.0409. The number of hydrogen-bond acceptors (Lipinski definition) is 4. The molecule has 0 aliphatic heterocycles. The minimum atomic E-state index is -1.14. The molecule has 0 saturated carbocycles. The maximum atomic E-state index is 10.9. The number of rotatable bonds is 4. The molecule has 5 nitrogen and oxygen atoms in total. The number of aromatic carboxylic acids is 1. The number of methoxy groups -OCH3 is 2. The molecule has 0 aromatic heterocycles. The number of carbonyl (C=O) groups is 1. The second-order valence-corrected chi connectivity index (χ2v) is 2.83. The molecule has 0 saturated heterocycles. The van der Waals surface area contributed by atoms with E-state index in [2.05, 4.69) is 0 Å². The van der Waals surface area contributed by atoms with E-state index in [4.69, 9.17) is 19.7 Å². The Labute approximate surface area is 86.9 Å². The molecule has 0 amide bonds. The number of ether oxygens (including phenoxy) is 2. The van der Waals surface area contributed by atoms with Gasteiger partial charge in [0.25, 0.3) is 0 Å². The monoisotopic (exact) mass is 212 g/mol. The molecule has 0 radical (unpaired) electrons. The predicted octanol–water partition coefficient (Wildman–Crippen LogP) is 0.894. The van der Waals surface area contributed by atoms with Gasteiger partial charge in [-0.15, -0.1) is 0 Å². The van der Waals surface area contributed by atoms with Crippen LogP contribution >= 0.6 is 0 Å². The van der Waals surface area contributed by atoms with Crippen molar-refractivity contribution in [1.82, 2.24) is 0 Å². The Morgan fingerprint density at radius 3 is 2.40 bits per heavy atom. The molecule has 0 aliphatic rings. The van der Waals surface area contributed by atoms with Gasteiger partial charge in [-0.2, -0.15) is 0 Å². The van der Waals surface area contributed by atoms with Gasteiger partial charge in [-0.3, -0.25) is 0 Å². The van der Waals surface area contributed by atoms with Crippen molar-refractivity contribution in [2.45, 2.75) is 6.61 Å². The molecule has 0 atom stereocenters. The molecule has 0 unspecified atom stereocenters. The summed E-state index contributed by atoms with van der Waals surface area (Å²) in [7, 11) is 2.82. The van der Waals surface area contributed by atoms with Gasteiger partial charge < -0.3 is 19.7 Å². The van der Waals surface area contributed by atoms with Crippen molar-refractivity contribution in [2.24, 2.45) is 0 Å². The van der Waals surface area contributed by atoms with Crippen LogP contribution in [0.5, 0.6) is 11.5 Å². The summed E-state index contributed by atoms with van der Waals surface area (Å²) in [6.07, 6.45) is 0. The van der Waals surface area contributed by atoms with E-state index in [1.165, 1.54) is 26.4 Å². The van der Waals surface area contributed by atoms with Crippen LogP contribution in [0.4, 0.5) is 0 Å². The second kappa shape index (κ2) is 4.65. The first-order chi connectivity index (χ1) is 7.13. The molecule has 1 rings (SSSR count). The topological polar surface area (TPSA) is 76.0 Å². The molecule has 82 valence electrons. The number of carboxylic acids is 1. The van der Waals surface area contributed by atoms with E-state index >= 15 is 0 Å². The average molecular weight is 212 g/mol. The summed E-state index contributed by atoms with van der Waals surface area (Å²) in [4.78, 5) is 10.9. The fraction of sp³-hybridized carbons (Fsp3) is 0.300. The van der Waals surface area contributed by atoms with E-state index in [-0.39, 0.29) is 23.5 Å². The zero-order valence-electron chi connectivity index (χ0n) is 8.48. The van der Waals surface area contributed by atoms with Crippen LogP contribution in [0.2, 0.25) is 0 Å². The number of aliphatic hydroxyl groups is 1. The highest BCUT2D eigenvalue weighted by atomic mass is 16.5. The lowest BCUT2D eigenvalue weighted by molar-refractivity contribution is 0.0689. The van der Waals surface area contributed by atoms with Crippen LogP contribution in [0.15, 0.2) is 12.1 Å². The molecule has 0 bridgehead atoms. The highest BCUT2D eigenvalue weighted by Gasteiger charge is 2.17. The lowest BCUT2D eigenvalue weighted by Gasteiger charge is -2.11. The van der Waals surface area contributed by atoms with E-state index in [0.717, 1.165) is 0 Å². The van der Waals surface area contributed by atoms with Gasteiger partial charge in [0.15, 0.2) is 0 Å². The summed E-state index contributed by atoms with van der Waals surface area (Å²) in [6.45, 7) is -0.380. The van der Waals surface area contributed by atoms with Gasteiger partial charge in [0.2, 0.25) is 0 Å². The lowest BCUT2D eigenvalue weighted by Crippen LogP contribution is -2.06. The van der Waals surface area contributed by atoms with E-state index in [1.54, 1.807) is 0 Å². The predicted molar refractivity (Wildman–Crippen MR) is 52.4 cm³/mol. The molecule has 0 heterocycles. The second-order valence-electron chi connectivity index (χ2n) is 2.83. The molecule has 15 heavy (non-hydrogen) atoms. The van der Waals surface area contributed by atoms with Crippen LogP contribution in [-0.4, -0.2) is 30.4 Å². The van der Waals surface area contributed by atoms with Gasteiger partial charge in [0.1, 0.15) is 17.1 Å². The molecular formula is C10H12O5. The third-order valence-electron chi connectivity index (χ3n) is 2.00. The van der Waals surface area contributed by atoms with Gasteiger partial charge in [0.05, 0.1) is 20.8 Å². The summed E-state index contributed by atoms with van der Waals surface area (Å²) in [5.41, 5.74) is 0.222. The molecule has 1 aromatic carbocycles. The fourth-order valence-corrected chi connectivity index (χ4v) is 1.29. The van der Waals surface area contributed by atoms with Gasteiger partial charge in [0, 0.05) is 6.07 Å². The van der Waals surface area contributed by atoms with Crippen molar-refractivity contribution >= 4 is 5.97 Å². The van der Waals surface area contributed by atoms with Crippen LogP contribution in [0.25, 0.3) is 0 Å². The SMILES string of the molecule is COc1cc(CO)c(C(=O)O)c(OC)c1. The van der Waals surface area contributed by atoms with Crippen LogP contribution < -0.4 is 9.47 Å². The Kier molecular flexibility index (Phi) is 3.51. The Morgan fingerprint density at radius 1 is 1.33 bits per heavy atom. The number of aliphatic hydroxyl groups excluding tert-OH is 1. The summed E-state index contributed by atoms with van der Waals surface area (Å²) in [5, 5.41) is 18.0. The van der Waals surface area contributed by atoms with Crippen LogP contribution in [0, 0.1) is 0 Å². The molecule has 1 aromatic rings. The van der Waals surface area contributed by atoms with Gasteiger partial charge in [-0.1, -0.05) is 0 Å². The normalized spacial score (nSPS) is 9.80. The number of hydrogen-bond donors (Lipinski definition) is 2. The highest BCUT2D eigenvalue weighted by molar-refractivity contribution is 5.93. The molecule has 5 heteroatoms. The smallest absolute Gasteiger partial charge is 0.339 e. The first kappa shape index (κ1) is 11.3. The molecular weight excluding hydrogens is 200 g/mol. The maximum Gasteiger partial charge on any atom is 0.339 e. The van der Waals surface area contributed by atoms with Crippen molar-refractivity contribution in [3.63, 3.8) is 0 Å². The molecule has 0 aliphatic carbocycles. The zero-order chi connectivity index (χ0) is 11.4. The average Bonchev–Trinajstić information content (AvgIpc) is 2.26. The summed E-state index contributed by atoms with van der Waals surface area (Å²) in [5.74, 6) is -0.523. The molecule has 0 spiro atoms. The Bertz CT molecular complexity index is 347. The summed E-state index contributed by atoms with van der Waals surface area (Å²) < 4.78 is 9.87. The summed E-state index contributed by atoms with van der Waals surface area (Å²) in [6, 6.07) is 2.93. The third kappa shape index (κ3) is 2.19. The van der Waals surface area contributed by atoms with Crippen LogP contribution in [0.1, 0.15) is 15.9 Å². The van der Waals surface area contributed by atoms with Gasteiger partial charge in [-0.05, 0) is 11.6 Å². The molecule has 2 N–H and O–H groups in total. The van der Waals surface area contributed by atoms with Crippen molar-refractivity contribution in [1.29, 1.82) is 0 Å². The highest BCUT2D eigenvalue weighted by Crippen LogP contribution is 2.28. The zero-order valence-corrected chi connectivity index (χ0v) is 8.48. The standard InChI is InChI=1S/C10H12O5/c1-14-7-3-6(5-11)9(10(12)13)8(4-7)15-2/h3-4,11H,5H2,1-2H3,(H,12,13). The van der Waals surface area contributed by atoms with Crippen LogP contribution in [0.3, 0.4) is 0 Å². The quantitative estimate of drug-likeness (QED) is 0.775. The van der Waals surface area contributed by atoms with Crippen molar-refractivity contribution < 1.29 is 24.5 Å². The van der Waals surface area contributed by atoms with E-state index < -0.39 is 5.97 Å².